The molecule has 3 heterocycles. The lowest BCUT2D eigenvalue weighted by atomic mass is 9.79. The van der Waals surface area contributed by atoms with Gasteiger partial charge in [-0.25, -0.2) is 9.97 Å². The Balaban J connectivity index is 1.75. The Morgan fingerprint density at radius 1 is 1.21 bits per heavy atom. The third-order valence-electron chi connectivity index (χ3n) is 6.42. The van der Waals surface area contributed by atoms with Crippen molar-refractivity contribution in [3.8, 4) is 11.3 Å². The monoisotopic (exact) mass is 384 g/mol. The molecule has 2 aromatic rings. The third-order valence-corrected chi connectivity index (χ3v) is 6.42. The van der Waals surface area contributed by atoms with Crippen LogP contribution in [0.5, 0.6) is 0 Å². The van der Waals surface area contributed by atoms with Gasteiger partial charge in [0.25, 0.3) is 0 Å². The Kier molecular flexibility index (Phi) is 5.49. The van der Waals surface area contributed by atoms with E-state index in [0.29, 0.717) is 5.92 Å². The molecule has 1 aliphatic carbocycles. The number of aromatic nitrogens is 4. The highest BCUT2D eigenvalue weighted by molar-refractivity contribution is 5.66. The Bertz CT molecular complexity index is 818. The van der Waals surface area contributed by atoms with E-state index in [-0.39, 0.29) is 6.04 Å². The fraction of sp³-hybridized carbons (Fsp3) is 0.667. The van der Waals surface area contributed by atoms with Crippen LogP contribution in [0.4, 0.5) is 0 Å². The Labute approximate surface area is 166 Å². The topological polar surface area (TPSA) is 105 Å². The molecule has 152 valence electrons. The van der Waals surface area contributed by atoms with Gasteiger partial charge in [-0.3, -0.25) is 4.68 Å². The van der Waals surface area contributed by atoms with E-state index >= 15 is 0 Å². The fourth-order valence-electron chi connectivity index (χ4n) is 4.64. The quantitative estimate of drug-likeness (QED) is 0.838. The van der Waals surface area contributed by atoms with E-state index in [1.807, 2.05) is 24.0 Å². The van der Waals surface area contributed by atoms with Gasteiger partial charge in [0.15, 0.2) is 0 Å². The molecule has 2 fully saturated rings. The zero-order valence-electron chi connectivity index (χ0n) is 17.0. The van der Waals surface area contributed by atoms with Gasteiger partial charge in [-0.15, -0.1) is 0 Å². The van der Waals surface area contributed by atoms with Crippen LogP contribution in [0.3, 0.4) is 0 Å². The van der Waals surface area contributed by atoms with Crippen LogP contribution in [-0.4, -0.2) is 39.0 Å². The van der Waals surface area contributed by atoms with Gasteiger partial charge in [-0.2, -0.15) is 5.10 Å². The first-order valence-corrected chi connectivity index (χ1v) is 10.5. The van der Waals surface area contributed by atoms with Gasteiger partial charge >= 0.3 is 0 Å². The molecule has 0 radical (unpaired) electrons. The molecular formula is C21H32N6O. The summed E-state index contributed by atoms with van der Waals surface area (Å²) in [5.41, 5.74) is 16.8. The molecule has 0 amide bonds. The van der Waals surface area contributed by atoms with Crippen LogP contribution in [-0.2, 0) is 23.7 Å². The summed E-state index contributed by atoms with van der Waals surface area (Å²) in [7, 11) is 2.03. The molecule has 4 N–H and O–H groups in total. The summed E-state index contributed by atoms with van der Waals surface area (Å²) in [6.45, 7) is 3.76. The fourth-order valence-corrected chi connectivity index (χ4v) is 4.64. The van der Waals surface area contributed by atoms with E-state index in [9.17, 15) is 0 Å². The summed E-state index contributed by atoms with van der Waals surface area (Å²) in [5, 5.41) is 4.90. The van der Waals surface area contributed by atoms with Crippen molar-refractivity contribution in [2.24, 2.45) is 18.5 Å². The number of nitrogens with two attached hydrogens (primary N) is 2. The second-order valence-corrected chi connectivity index (χ2v) is 8.33. The van der Waals surface area contributed by atoms with Gasteiger partial charge < -0.3 is 16.2 Å². The number of ether oxygens (including phenoxy) is 1. The molecule has 2 aliphatic rings. The summed E-state index contributed by atoms with van der Waals surface area (Å²) in [5.74, 6) is 1.15. The maximum absolute atomic E-state index is 6.73. The van der Waals surface area contributed by atoms with Crippen molar-refractivity contribution in [3.05, 3.63) is 29.5 Å². The zero-order chi connectivity index (χ0) is 19.7. The summed E-state index contributed by atoms with van der Waals surface area (Å²) in [6.07, 6.45) is 8.27. The summed E-state index contributed by atoms with van der Waals surface area (Å²) >= 11 is 0. The molecule has 1 saturated carbocycles. The minimum Gasteiger partial charge on any atom is -0.381 e. The highest BCUT2D eigenvalue weighted by Gasteiger charge is 2.35. The second-order valence-electron chi connectivity index (χ2n) is 8.33. The Hall–Kier alpha value is -1.83. The molecule has 0 bridgehead atoms. The highest BCUT2D eigenvalue weighted by Crippen LogP contribution is 2.37. The SMILES string of the molecule is CCc1c(-c2ccnc(C3(N)CCC(N)CC3)n2)c(C2CCOCC2)nn1C. The Morgan fingerprint density at radius 3 is 2.61 bits per heavy atom. The molecule has 1 aliphatic heterocycles. The predicted octanol–water partition coefficient (Wildman–Crippen LogP) is 2.39. The molecular weight excluding hydrogens is 352 g/mol. The number of nitrogens with zero attached hydrogens (tertiary/aromatic N) is 4. The maximum Gasteiger partial charge on any atom is 0.148 e. The summed E-state index contributed by atoms with van der Waals surface area (Å²) in [6, 6.07) is 2.24. The maximum atomic E-state index is 6.73. The normalized spacial score (nSPS) is 26.5. The lowest BCUT2D eigenvalue weighted by molar-refractivity contribution is 0.0845. The van der Waals surface area contributed by atoms with Crippen molar-refractivity contribution < 1.29 is 4.74 Å². The van der Waals surface area contributed by atoms with E-state index in [1.54, 1.807) is 0 Å². The van der Waals surface area contributed by atoms with E-state index in [1.165, 1.54) is 5.69 Å². The summed E-state index contributed by atoms with van der Waals surface area (Å²) < 4.78 is 7.58. The largest absolute Gasteiger partial charge is 0.381 e. The van der Waals surface area contributed by atoms with Gasteiger partial charge in [-0.05, 0) is 51.0 Å². The number of hydrogen-bond donors (Lipinski definition) is 2. The molecule has 1 saturated heterocycles. The lowest BCUT2D eigenvalue weighted by Crippen LogP contribution is -2.44. The first kappa shape index (κ1) is 19.5. The molecule has 7 nitrogen and oxygen atoms in total. The zero-order valence-corrected chi connectivity index (χ0v) is 17.0. The van der Waals surface area contributed by atoms with E-state index in [2.05, 4.69) is 11.9 Å². The minimum absolute atomic E-state index is 0.241. The highest BCUT2D eigenvalue weighted by atomic mass is 16.5. The van der Waals surface area contributed by atoms with Gasteiger partial charge in [0, 0.05) is 49.7 Å². The van der Waals surface area contributed by atoms with Crippen molar-refractivity contribution in [2.45, 2.75) is 69.4 Å². The smallest absolute Gasteiger partial charge is 0.148 e. The van der Waals surface area contributed by atoms with Crippen LogP contribution < -0.4 is 11.5 Å². The average molecular weight is 385 g/mol. The van der Waals surface area contributed by atoms with Crippen LogP contribution in [0.1, 0.15) is 68.6 Å². The molecule has 0 aromatic carbocycles. The van der Waals surface area contributed by atoms with E-state index < -0.39 is 5.54 Å². The molecule has 0 unspecified atom stereocenters. The Morgan fingerprint density at radius 2 is 1.93 bits per heavy atom. The average Bonchev–Trinajstić information content (AvgIpc) is 3.07. The first-order valence-electron chi connectivity index (χ1n) is 10.5. The van der Waals surface area contributed by atoms with Gasteiger partial charge in [0.1, 0.15) is 5.82 Å². The molecule has 28 heavy (non-hydrogen) atoms. The van der Waals surface area contributed by atoms with Crippen LogP contribution in [0.2, 0.25) is 0 Å². The van der Waals surface area contributed by atoms with Crippen molar-refractivity contribution in [1.82, 2.24) is 19.7 Å². The van der Waals surface area contributed by atoms with E-state index in [0.717, 1.165) is 80.9 Å². The standard InChI is InChI=1S/C21H32N6O/c1-3-17-18(19(26-27(17)2)14-7-12-28-13-8-14)16-6-11-24-20(25-16)21(23)9-4-15(22)5-10-21/h6,11,14-15H,3-5,7-10,12-13,22-23H2,1-2H3. The van der Waals surface area contributed by atoms with Crippen LogP contribution in [0, 0.1) is 0 Å². The predicted molar refractivity (Wildman–Crippen MR) is 109 cm³/mol. The van der Waals surface area contributed by atoms with E-state index in [4.69, 9.17) is 26.3 Å². The van der Waals surface area contributed by atoms with Crippen LogP contribution in [0.25, 0.3) is 11.3 Å². The van der Waals surface area contributed by atoms with Gasteiger partial charge in [-0.1, -0.05) is 6.92 Å². The van der Waals surface area contributed by atoms with Crippen molar-refractivity contribution >= 4 is 0 Å². The van der Waals surface area contributed by atoms with Crippen molar-refractivity contribution in [2.75, 3.05) is 13.2 Å². The van der Waals surface area contributed by atoms with Crippen LogP contribution in [0.15, 0.2) is 12.3 Å². The summed E-state index contributed by atoms with van der Waals surface area (Å²) in [4.78, 5) is 9.55. The molecule has 0 spiro atoms. The number of aryl methyl sites for hydroxylation is 1. The number of hydrogen-bond acceptors (Lipinski definition) is 6. The molecule has 4 rings (SSSR count). The lowest BCUT2D eigenvalue weighted by Gasteiger charge is -2.34. The first-order chi connectivity index (χ1) is 13.5. The third kappa shape index (κ3) is 3.58. The molecule has 7 heteroatoms. The molecule has 0 atom stereocenters. The van der Waals surface area contributed by atoms with Crippen LogP contribution >= 0.6 is 0 Å². The van der Waals surface area contributed by atoms with Gasteiger partial charge in [0.05, 0.1) is 16.9 Å². The molecule has 2 aromatic heterocycles. The minimum atomic E-state index is -0.487. The number of rotatable bonds is 4. The van der Waals surface area contributed by atoms with Crippen molar-refractivity contribution in [3.63, 3.8) is 0 Å². The second kappa shape index (κ2) is 7.89. The van der Waals surface area contributed by atoms with Crippen molar-refractivity contribution in [1.29, 1.82) is 0 Å². The van der Waals surface area contributed by atoms with Gasteiger partial charge in [0.2, 0.25) is 0 Å².